The number of ether oxygens (including phenoxy) is 2. The molecule has 160 valence electrons. The van der Waals surface area contributed by atoms with Gasteiger partial charge < -0.3 is 9.47 Å². The van der Waals surface area contributed by atoms with Gasteiger partial charge in [-0.1, -0.05) is 36.4 Å². The molecule has 0 aromatic carbocycles. The zero-order valence-electron chi connectivity index (χ0n) is 18.1. The van der Waals surface area contributed by atoms with Gasteiger partial charge in [0.1, 0.15) is 0 Å². The van der Waals surface area contributed by atoms with Crippen LogP contribution in [-0.4, -0.2) is 23.4 Å². The van der Waals surface area contributed by atoms with Crippen molar-refractivity contribution in [1.82, 2.24) is 0 Å². The molecule has 0 amide bonds. The van der Waals surface area contributed by atoms with Gasteiger partial charge in [-0.3, -0.25) is 0 Å². The van der Waals surface area contributed by atoms with Crippen molar-refractivity contribution in [1.29, 1.82) is 0 Å². The van der Waals surface area contributed by atoms with Crippen molar-refractivity contribution < 1.29 is 9.47 Å². The van der Waals surface area contributed by atoms with Gasteiger partial charge in [0.2, 0.25) is 0 Å². The lowest BCUT2D eigenvalue weighted by Crippen LogP contribution is -2.54. The minimum atomic E-state index is 0.0959. The lowest BCUT2D eigenvalue weighted by atomic mass is 9.45. The number of hydrogen-bond acceptors (Lipinski definition) is 2. The Kier molecular flexibility index (Phi) is 5.85. The molecular formula is C25H41IO2. The molecule has 1 aliphatic heterocycles. The molecule has 0 unspecified atom stereocenters. The first kappa shape index (κ1) is 20.5. The topological polar surface area (TPSA) is 18.5 Å². The second-order valence-corrected chi connectivity index (χ2v) is 12.3. The third-order valence-corrected chi connectivity index (χ3v) is 11.5. The van der Waals surface area contributed by atoms with Crippen LogP contribution >= 0.6 is 22.6 Å². The largest absolute Gasteiger partial charge is 0.353 e. The maximum Gasteiger partial charge on any atom is 0.157 e. The lowest BCUT2D eigenvalue weighted by Gasteiger charge is -2.61. The van der Waals surface area contributed by atoms with Gasteiger partial charge in [-0.25, -0.2) is 0 Å². The molecule has 4 aliphatic carbocycles. The second kappa shape index (κ2) is 7.97. The Hall–Kier alpha value is 0.650. The van der Waals surface area contributed by atoms with Crippen molar-refractivity contribution in [3.63, 3.8) is 0 Å². The van der Waals surface area contributed by atoms with Gasteiger partial charge in [0.15, 0.2) is 6.29 Å². The first-order chi connectivity index (χ1) is 13.5. The highest BCUT2D eigenvalue weighted by molar-refractivity contribution is 14.1. The van der Waals surface area contributed by atoms with E-state index in [4.69, 9.17) is 9.47 Å². The predicted octanol–water partition coefficient (Wildman–Crippen LogP) is 6.99. The van der Waals surface area contributed by atoms with E-state index in [1.54, 1.807) is 0 Å². The van der Waals surface area contributed by atoms with E-state index in [0.29, 0.717) is 16.9 Å². The van der Waals surface area contributed by atoms with Crippen LogP contribution in [0.3, 0.4) is 0 Å². The highest BCUT2D eigenvalue weighted by Crippen LogP contribution is 2.67. The van der Waals surface area contributed by atoms with Crippen molar-refractivity contribution >= 4 is 22.6 Å². The Labute approximate surface area is 186 Å². The Morgan fingerprint density at radius 3 is 2.50 bits per heavy atom. The summed E-state index contributed by atoms with van der Waals surface area (Å²) < 4.78 is 13.7. The maximum atomic E-state index is 6.45. The number of rotatable bonds is 3. The Morgan fingerprint density at radius 1 is 0.893 bits per heavy atom. The average molecular weight is 501 g/mol. The minimum Gasteiger partial charge on any atom is -0.353 e. The molecule has 4 saturated carbocycles. The van der Waals surface area contributed by atoms with Crippen LogP contribution in [0.2, 0.25) is 0 Å². The summed E-state index contributed by atoms with van der Waals surface area (Å²) in [6.07, 6.45) is 17.1. The fourth-order valence-electron chi connectivity index (χ4n) is 8.74. The zero-order chi connectivity index (χ0) is 19.4. The quantitative estimate of drug-likeness (QED) is 0.236. The van der Waals surface area contributed by atoms with E-state index in [9.17, 15) is 0 Å². The number of fused-ring (bicyclic) bond motifs is 5. The molecule has 0 radical (unpaired) electrons. The summed E-state index contributed by atoms with van der Waals surface area (Å²) in [5, 5.41) is 0. The highest BCUT2D eigenvalue weighted by Gasteiger charge is 2.60. The molecule has 0 N–H and O–H groups in total. The molecule has 0 aromatic heterocycles. The lowest BCUT2D eigenvalue weighted by molar-refractivity contribution is -0.212. The molecule has 0 aromatic rings. The van der Waals surface area contributed by atoms with Crippen LogP contribution in [0.15, 0.2) is 0 Å². The fourth-order valence-corrected chi connectivity index (χ4v) is 10.2. The third kappa shape index (κ3) is 3.32. The van der Waals surface area contributed by atoms with E-state index in [-0.39, 0.29) is 6.29 Å². The molecule has 9 atom stereocenters. The van der Waals surface area contributed by atoms with Gasteiger partial charge in [0.25, 0.3) is 0 Å². The molecular weight excluding hydrogens is 459 g/mol. The smallest absolute Gasteiger partial charge is 0.157 e. The average Bonchev–Trinajstić information content (AvgIpc) is 3.05. The summed E-state index contributed by atoms with van der Waals surface area (Å²) in [6, 6.07) is 0. The normalized spacial score (nSPS) is 53.9. The zero-order valence-corrected chi connectivity index (χ0v) is 20.3. The van der Waals surface area contributed by atoms with Gasteiger partial charge in [-0.2, -0.15) is 0 Å². The molecule has 2 nitrogen and oxygen atoms in total. The predicted molar refractivity (Wildman–Crippen MR) is 123 cm³/mol. The van der Waals surface area contributed by atoms with E-state index in [1.807, 2.05) is 0 Å². The van der Waals surface area contributed by atoms with Crippen molar-refractivity contribution in [2.24, 2.45) is 40.4 Å². The van der Waals surface area contributed by atoms with E-state index in [2.05, 4.69) is 36.4 Å². The van der Waals surface area contributed by atoms with E-state index in [1.165, 1.54) is 75.1 Å². The third-order valence-electron chi connectivity index (χ3n) is 10.5. The SMILES string of the molecule is C[C@]12CC[C@@H](O[C@@H]3CCCCO3)C[C@@H]1CC[C@H]1[C@@H]2CC[C@]2(C)[C@@H](CI)CC[C@@H]12. The molecule has 1 saturated heterocycles. The molecule has 0 bridgehead atoms. The van der Waals surface area contributed by atoms with Crippen LogP contribution in [0, 0.1) is 40.4 Å². The Morgan fingerprint density at radius 2 is 1.71 bits per heavy atom. The molecule has 28 heavy (non-hydrogen) atoms. The summed E-state index contributed by atoms with van der Waals surface area (Å²) in [6.45, 7) is 6.27. The van der Waals surface area contributed by atoms with Gasteiger partial charge >= 0.3 is 0 Å². The van der Waals surface area contributed by atoms with Gasteiger partial charge in [0, 0.05) is 11.0 Å². The van der Waals surface area contributed by atoms with Crippen LogP contribution in [0.4, 0.5) is 0 Å². The summed E-state index contributed by atoms with van der Waals surface area (Å²) >= 11 is 2.67. The van der Waals surface area contributed by atoms with Crippen LogP contribution in [0.1, 0.15) is 90.9 Å². The summed E-state index contributed by atoms with van der Waals surface area (Å²) in [5.41, 5.74) is 1.24. The molecule has 1 heterocycles. The molecule has 5 aliphatic rings. The number of hydrogen-bond donors (Lipinski definition) is 0. The first-order valence-electron chi connectivity index (χ1n) is 12.4. The van der Waals surface area contributed by atoms with E-state index in [0.717, 1.165) is 42.6 Å². The van der Waals surface area contributed by atoms with Crippen molar-refractivity contribution in [3.8, 4) is 0 Å². The number of alkyl halides is 1. The first-order valence-corrected chi connectivity index (χ1v) is 13.9. The van der Waals surface area contributed by atoms with Gasteiger partial charge in [0.05, 0.1) is 6.10 Å². The second-order valence-electron chi connectivity index (χ2n) is 11.5. The van der Waals surface area contributed by atoms with Gasteiger partial charge in [-0.15, -0.1) is 0 Å². The van der Waals surface area contributed by atoms with E-state index < -0.39 is 0 Å². The standard InChI is InChI=1S/C25H41IO2/c1-24-12-10-19(28-23-5-3-4-14-27-23)15-17(24)6-8-20-21-9-7-18(16-26)25(21,2)13-11-22(20)24/h17-23H,3-16H2,1-2H3/t17-,18+,19+,20+,21-,22-,23+,24-,25+/m0/s1. The fraction of sp³-hybridized carbons (Fsp3) is 1.00. The van der Waals surface area contributed by atoms with Gasteiger partial charge in [-0.05, 0) is 117 Å². The Bertz CT molecular complexity index is 561. The van der Waals surface area contributed by atoms with Crippen molar-refractivity contribution in [3.05, 3.63) is 0 Å². The molecule has 3 heteroatoms. The van der Waals surface area contributed by atoms with E-state index >= 15 is 0 Å². The highest BCUT2D eigenvalue weighted by atomic mass is 127. The van der Waals surface area contributed by atoms with Crippen molar-refractivity contribution in [2.45, 2.75) is 103 Å². The Balaban J connectivity index is 1.27. The van der Waals surface area contributed by atoms with Crippen LogP contribution < -0.4 is 0 Å². The summed E-state index contributed by atoms with van der Waals surface area (Å²) in [5.74, 6) is 4.91. The number of halogens is 1. The summed E-state index contributed by atoms with van der Waals surface area (Å²) in [4.78, 5) is 0. The van der Waals surface area contributed by atoms with Crippen LogP contribution in [0.25, 0.3) is 0 Å². The maximum absolute atomic E-state index is 6.45. The summed E-state index contributed by atoms with van der Waals surface area (Å²) in [7, 11) is 0. The molecule has 5 rings (SSSR count). The van der Waals surface area contributed by atoms with Crippen LogP contribution in [0.5, 0.6) is 0 Å². The minimum absolute atomic E-state index is 0.0959. The van der Waals surface area contributed by atoms with Crippen LogP contribution in [-0.2, 0) is 9.47 Å². The molecule has 0 spiro atoms. The molecule has 5 fully saturated rings. The monoisotopic (exact) mass is 500 g/mol. The van der Waals surface area contributed by atoms with Crippen molar-refractivity contribution in [2.75, 3.05) is 11.0 Å².